The predicted molar refractivity (Wildman–Crippen MR) is 59.2 cm³/mol. The van der Waals surface area contributed by atoms with Crippen LogP contribution in [-0.4, -0.2) is 19.7 Å². The first-order chi connectivity index (χ1) is 7.67. The van der Waals surface area contributed by atoms with Crippen molar-refractivity contribution in [3.8, 4) is 11.6 Å². The summed E-state index contributed by atoms with van der Waals surface area (Å²) >= 11 is 0. The van der Waals surface area contributed by atoms with Gasteiger partial charge in [0.2, 0.25) is 11.8 Å². The van der Waals surface area contributed by atoms with Crippen LogP contribution >= 0.6 is 0 Å². The first-order valence-corrected chi connectivity index (χ1v) is 4.99. The minimum atomic E-state index is 0.206. The first-order valence-electron chi connectivity index (χ1n) is 4.99. The normalized spacial score (nSPS) is 10.4. The van der Waals surface area contributed by atoms with Crippen molar-refractivity contribution < 1.29 is 4.74 Å². The zero-order chi connectivity index (χ0) is 11.5. The van der Waals surface area contributed by atoms with Gasteiger partial charge >= 0.3 is 0 Å². The minimum absolute atomic E-state index is 0.206. The molecule has 0 bridgehead atoms. The van der Waals surface area contributed by atoms with Crippen LogP contribution in [0.2, 0.25) is 0 Å². The van der Waals surface area contributed by atoms with Crippen molar-refractivity contribution in [1.29, 1.82) is 0 Å². The van der Waals surface area contributed by atoms with Crippen LogP contribution in [0.25, 0.3) is 0 Å². The molecule has 0 fully saturated rings. The SMILES string of the molecule is CCn1cc(Oc2cc(C)nc(N)n2)cn1. The number of nitrogens with zero attached hydrogens (tertiary/aromatic N) is 4. The summed E-state index contributed by atoms with van der Waals surface area (Å²) in [4.78, 5) is 7.93. The van der Waals surface area contributed by atoms with E-state index in [1.165, 1.54) is 0 Å². The molecule has 2 aromatic rings. The molecular weight excluding hydrogens is 206 g/mol. The molecule has 6 nitrogen and oxygen atoms in total. The highest BCUT2D eigenvalue weighted by molar-refractivity contribution is 5.28. The second kappa shape index (κ2) is 4.18. The summed E-state index contributed by atoms with van der Waals surface area (Å²) in [6, 6.07) is 1.72. The predicted octanol–water partition coefficient (Wildman–Crippen LogP) is 1.38. The van der Waals surface area contributed by atoms with Gasteiger partial charge in [-0.2, -0.15) is 10.1 Å². The summed E-state index contributed by atoms with van der Waals surface area (Å²) in [7, 11) is 0. The quantitative estimate of drug-likeness (QED) is 0.843. The van der Waals surface area contributed by atoms with Gasteiger partial charge in [0.15, 0.2) is 5.75 Å². The summed E-state index contributed by atoms with van der Waals surface area (Å²) in [5.41, 5.74) is 6.29. The standard InChI is InChI=1S/C10H13N5O/c1-3-15-6-8(5-12-15)16-9-4-7(2)13-10(11)14-9/h4-6H,3H2,1-2H3,(H2,11,13,14). The molecule has 0 aliphatic heterocycles. The molecule has 0 radical (unpaired) electrons. The fourth-order valence-electron chi connectivity index (χ4n) is 1.31. The van der Waals surface area contributed by atoms with Crippen molar-refractivity contribution >= 4 is 5.95 Å². The van der Waals surface area contributed by atoms with Gasteiger partial charge in [0, 0.05) is 18.3 Å². The van der Waals surface area contributed by atoms with E-state index in [9.17, 15) is 0 Å². The van der Waals surface area contributed by atoms with Crippen molar-refractivity contribution in [2.24, 2.45) is 0 Å². The molecule has 0 unspecified atom stereocenters. The van der Waals surface area contributed by atoms with Gasteiger partial charge in [-0.1, -0.05) is 0 Å². The smallest absolute Gasteiger partial charge is 0.224 e. The first kappa shape index (κ1) is 10.4. The number of hydrogen-bond acceptors (Lipinski definition) is 5. The number of rotatable bonds is 3. The number of nitrogens with two attached hydrogens (primary N) is 1. The van der Waals surface area contributed by atoms with E-state index in [2.05, 4.69) is 15.1 Å². The third-order valence-corrected chi connectivity index (χ3v) is 2.00. The molecule has 2 N–H and O–H groups in total. The molecule has 0 saturated carbocycles. The maximum absolute atomic E-state index is 5.52. The van der Waals surface area contributed by atoms with Gasteiger partial charge in [0.25, 0.3) is 0 Å². The molecule has 0 spiro atoms. The highest BCUT2D eigenvalue weighted by atomic mass is 16.5. The van der Waals surface area contributed by atoms with Crippen LogP contribution in [0.15, 0.2) is 18.5 Å². The Balaban J connectivity index is 2.19. The van der Waals surface area contributed by atoms with E-state index < -0.39 is 0 Å². The van der Waals surface area contributed by atoms with Gasteiger partial charge < -0.3 is 10.5 Å². The number of aromatic nitrogens is 4. The fraction of sp³-hybridized carbons (Fsp3) is 0.300. The maximum atomic E-state index is 5.52. The third kappa shape index (κ3) is 2.28. The number of anilines is 1. The topological polar surface area (TPSA) is 78.9 Å². The average Bonchev–Trinajstić information content (AvgIpc) is 2.64. The van der Waals surface area contributed by atoms with E-state index in [0.717, 1.165) is 12.2 Å². The monoisotopic (exact) mass is 219 g/mol. The van der Waals surface area contributed by atoms with Crippen LogP contribution in [0, 0.1) is 6.92 Å². The molecule has 84 valence electrons. The number of hydrogen-bond donors (Lipinski definition) is 1. The van der Waals surface area contributed by atoms with Crippen molar-refractivity contribution in [3.05, 3.63) is 24.2 Å². The Morgan fingerprint density at radius 1 is 1.44 bits per heavy atom. The Morgan fingerprint density at radius 3 is 2.88 bits per heavy atom. The Kier molecular flexibility index (Phi) is 2.72. The molecule has 0 aliphatic carbocycles. The van der Waals surface area contributed by atoms with Crippen molar-refractivity contribution in [2.75, 3.05) is 5.73 Å². The fourth-order valence-corrected chi connectivity index (χ4v) is 1.31. The molecule has 2 aromatic heterocycles. The average molecular weight is 219 g/mol. The second-order valence-electron chi connectivity index (χ2n) is 3.34. The van der Waals surface area contributed by atoms with E-state index in [0.29, 0.717) is 11.6 Å². The Hall–Kier alpha value is -2.11. The number of ether oxygens (including phenoxy) is 1. The van der Waals surface area contributed by atoms with Crippen LogP contribution < -0.4 is 10.5 Å². The minimum Gasteiger partial charge on any atom is -0.436 e. The molecule has 0 amide bonds. The van der Waals surface area contributed by atoms with E-state index in [1.807, 2.05) is 13.8 Å². The lowest BCUT2D eigenvalue weighted by atomic mass is 10.4. The highest BCUT2D eigenvalue weighted by Gasteiger charge is 2.04. The summed E-state index contributed by atoms with van der Waals surface area (Å²) < 4.78 is 7.28. The van der Waals surface area contributed by atoms with Gasteiger partial charge in [-0.25, -0.2) is 4.98 Å². The van der Waals surface area contributed by atoms with E-state index >= 15 is 0 Å². The lowest BCUT2D eigenvalue weighted by Crippen LogP contribution is -1.98. The second-order valence-corrected chi connectivity index (χ2v) is 3.34. The van der Waals surface area contributed by atoms with Crippen LogP contribution in [0.4, 0.5) is 5.95 Å². The lowest BCUT2D eigenvalue weighted by Gasteiger charge is -2.02. The zero-order valence-electron chi connectivity index (χ0n) is 9.21. The van der Waals surface area contributed by atoms with Crippen LogP contribution in [0.3, 0.4) is 0 Å². The van der Waals surface area contributed by atoms with Gasteiger partial charge in [-0.15, -0.1) is 0 Å². The lowest BCUT2D eigenvalue weighted by molar-refractivity contribution is 0.460. The van der Waals surface area contributed by atoms with Crippen LogP contribution in [0.5, 0.6) is 11.6 Å². The van der Waals surface area contributed by atoms with Gasteiger partial charge in [-0.05, 0) is 13.8 Å². The van der Waals surface area contributed by atoms with Crippen molar-refractivity contribution in [3.63, 3.8) is 0 Å². The van der Waals surface area contributed by atoms with Crippen LogP contribution in [0.1, 0.15) is 12.6 Å². The largest absolute Gasteiger partial charge is 0.436 e. The van der Waals surface area contributed by atoms with Crippen molar-refractivity contribution in [2.45, 2.75) is 20.4 Å². The highest BCUT2D eigenvalue weighted by Crippen LogP contribution is 2.19. The molecule has 2 heterocycles. The zero-order valence-corrected chi connectivity index (χ0v) is 9.21. The van der Waals surface area contributed by atoms with Gasteiger partial charge in [0.05, 0.1) is 12.4 Å². The molecule has 2 rings (SSSR count). The summed E-state index contributed by atoms with van der Waals surface area (Å²) in [6.45, 7) is 4.64. The molecule has 0 aliphatic rings. The summed E-state index contributed by atoms with van der Waals surface area (Å²) in [5.74, 6) is 1.28. The molecule has 6 heteroatoms. The Bertz CT molecular complexity index is 473. The number of nitrogen functional groups attached to an aromatic ring is 1. The third-order valence-electron chi connectivity index (χ3n) is 2.00. The molecular formula is C10H13N5O. The van der Waals surface area contributed by atoms with Gasteiger partial charge in [0.1, 0.15) is 0 Å². The molecule has 16 heavy (non-hydrogen) atoms. The Morgan fingerprint density at radius 2 is 2.25 bits per heavy atom. The van der Waals surface area contributed by atoms with E-state index in [4.69, 9.17) is 10.5 Å². The summed E-state index contributed by atoms with van der Waals surface area (Å²) in [5, 5.41) is 4.09. The van der Waals surface area contributed by atoms with Crippen molar-refractivity contribution in [1.82, 2.24) is 19.7 Å². The molecule has 0 atom stereocenters. The van der Waals surface area contributed by atoms with Crippen LogP contribution in [-0.2, 0) is 6.54 Å². The maximum Gasteiger partial charge on any atom is 0.224 e. The Labute approximate surface area is 93.1 Å². The van der Waals surface area contributed by atoms with E-state index in [-0.39, 0.29) is 5.95 Å². The van der Waals surface area contributed by atoms with Gasteiger partial charge in [-0.3, -0.25) is 4.68 Å². The van der Waals surface area contributed by atoms with E-state index in [1.54, 1.807) is 23.1 Å². The number of aryl methyl sites for hydroxylation is 2. The molecule has 0 aromatic carbocycles. The summed E-state index contributed by atoms with van der Waals surface area (Å²) in [6.07, 6.45) is 3.44. The molecule has 0 saturated heterocycles.